The number of benzene rings is 2. The molecule has 6 nitrogen and oxygen atoms in total. The van der Waals surface area contributed by atoms with Crippen molar-refractivity contribution in [1.29, 1.82) is 0 Å². The fourth-order valence-electron chi connectivity index (χ4n) is 3.27. The maximum absolute atomic E-state index is 12.7. The third-order valence-corrected chi connectivity index (χ3v) is 4.79. The Bertz CT molecular complexity index is 972. The largest absolute Gasteiger partial charge is 0.494 e. The molecular formula is C21H21N3O3. The van der Waals surface area contributed by atoms with Crippen LogP contribution in [0.4, 0.5) is 5.69 Å². The number of para-hydroxylation sites is 1. The van der Waals surface area contributed by atoms with Crippen LogP contribution < -0.4 is 10.1 Å². The zero-order valence-corrected chi connectivity index (χ0v) is 15.1. The molecular weight excluding hydrogens is 342 g/mol. The fraction of sp³-hybridized carbons (Fsp3) is 0.238. The van der Waals surface area contributed by atoms with E-state index in [4.69, 9.17) is 4.74 Å². The van der Waals surface area contributed by atoms with Crippen LogP contribution in [-0.2, 0) is 4.79 Å². The summed E-state index contributed by atoms with van der Waals surface area (Å²) in [5.74, 6) is 0.472. The molecule has 2 heterocycles. The second-order valence-electron chi connectivity index (χ2n) is 6.60. The van der Waals surface area contributed by atoms with Crippen molar-refractivity contribution in [3.8, 4) is 5.75 Å². The van der Waals surface area contributed by atoms with Crippen molar-refractivity contribution in [3.63, 3.8) is 0 Å². The summed E-state index contributed by atoms with van der Waals surface area (Å²) in [7, 11) is 0. The molecule has 1 saturated heterocycles. The topological polar surface area (TPSA) is 74.4 Å². The van der Waals surface area contributed by atoms with Gasteiger partial charge in [-0.2, -0.15) is 0 Å². The van der Waals surface area contributed by atoms with E-state index in [9.17, 15) is 9.59 Å². The zero-order valence-electron chi connectivity index (χ0n) is 15.1. The van der Waals surface area contributed by atoms with Crippen molar-refractivity contribution >= 4 is 28.4 Å². The van der Waals surface area contributed by atoms with Gasteiger partial charge in [0.05, 0.1) is 18.1 Å². The lowest BCUT2D eigenvalue weighted by Crippen LogP contribution is -2.54. The molecule has 0 bridgehead atoms. The van der Waals surface area contributed by atoms with Crippen molar-refractivity contribution < 1.29 is 14.3 Å². The molecule has 6 heteroatoms. The number of aromatic amines is 1. The number of likely N-dealkylation sites (tertiary alicyclic amines) is 1. The van der Waals surface area contributed by atoms with Crippen molar-refractivity contribution in [2.24, 2.45) is 5.92 Å². The molecule has 4 rings (SSSR count). The number of H-pyrrole nitrogens is 1. The van der Waals surface area contributed by atoms with Crippen molar-refractivity contribution in [1.82, 2.24) is 9.88 Å². The Morgan fingerprint density at radius 3 is 2.63 bits per heavy atom. The molecule has 2 amide bonds. The van der Waals surface area contributed by atoms with E-state index in [1.54, 1.807) is 11.1 Å². The van der Waals surface area contributed by atoms with Crippen molar-refractivity contribution in [2.75, 3.05) is 25.0 Å². The van der Waals surface area contributed by atoms with Gasteiger partial charge in [-0.15, -0.1) is 0 Å². The monoisotopic (exact) mass is 363 g/mol. The average molecular weight is 363 g/mol. The summed E-state index contributed by atoms with van der Waals surface area (Å²) in [6, 6.07) is 15.0. The number of anilines is 1. The lowest BCUT2D eigenvalue weighted by Gasteiger charge is -2.38. The molecule has 0 atom stereocenters. The Morgan fingerprint density at radius 1 is 1.15 bits per heavy atom. The van der Waals surface area contributed by atoms with Crippen molar-refractivity contribution in [2.45, 2.75) is 6.92 Å². The average Bonchev–Trinajstić information content (AvgIpc) is 3.06. The smallest absolute Gasteiger partial charge is 0.256 e. The van der Waals surface area contributed by atoms with Crippen LogP contribution >= 0.6 is 0 Å². The highest BCUT2D eigenvalue weighted by atomic mass is 16.5. The molecule has 2 N–H and O–H groups in total. The van der Waals surface area contributed by atoms with Crippen molar-refractivity contribution in [3.05, 3.63) is 60.3 Å². The van der Waals surface area contributed by atoms with E-state index in [1.807, 2.05) is 55.5 Å². The summed E-state index contributed by atoms with van der Waals surface area (Å²) in [4.78, 5) is 29.9. The molecule has 1 aromatic heterocycles. The van der Waals surface area contributed by atoms with Crippen LogP contribution in [0.15, 0.2) is 54.7 Å². The lowest BCUT2D eigenvalue weighted by atomic mass is 9.97. The number of amides is 2. The van der Waals surface area contributed by atoms with E-state index in [0.29, 0.717) is 25.3 Å². The molecule has 1 aliphatic heterocycles. The van der Waals surface area contributed by atoms with Crippen LogP contribution in [0, 0.1) is 5.92 Å². The normalized spacial score (nSPS) is 14.0. The summed E-state index contributed by atoms with van der Waals surface area (Å²) < 4.78 is 5.39. The van der Waals surface area contributed by atoms with Gasteiger partial charge in [0.25, 0.3) is 5.91 Å². The molecule has 0 radical (unpaired) electrons. The first-order valence-corrected chi connectivity index (χ1v) is 9.05. The molecule has 0 spiro atoms. The van der Waals surface area contributed by atoms with E-state index in [0.717, 1.165) is 22.3 Å². The zero-order chi connectivity index (χ0) is 18.8. The number of rotatable bonds is 5. The van der Waals surface area contributed by atoms with E-state index in [1.165, 1.54) is 0 Å². The number of ether oxygens (including phenoxy) is 1. The third-order valence-electron chi connectivity index (χ3n) is 4.79. The van der Waals surface area contributed by atoms with E-state index < -0.39 is 0 Å². The Hall–Kier alpha value is -3.28. The number of nitrogens with one attached hydrogen (secondary N) is 2. The van der Waals surface area contributed by atoms with E-state index >= 15 is 0 Å². The first kappa shape index (κ1) is 17.1. The molecule has 3 aromatic rings. The Morgan fingerprint density at radius 2 is 1.89 bits per heavy atom. The Kier molecular flexibility index (Phi) is 4.54. The molecule has 0 saturated carbocycles. The summed E-state index contributed by atoms with van der Waals surface area (Å²) in [5.41, 5.74) is 2.31. The molecule has 1 aliphatic rings. The second-order valence-corrected chi connectivity index (χ2v) is 6.60. The standard InChI is InChI=1S/C21H21N3O3/c1-2-27-16-9-7-15(8-10-16)23-20(25)14-12-24(13-14)21(26)18-11-22-19-6-4-3-5-17(18)19/h3-11,14,22H,2,12-13H2,1H3,(H,23,25). The number of hydrogen-bond donors (Lipinski definition) is 2. The second kappa shape index (κ2) is 7.15. The minimum atomic E-state index is -0.189. The molecule has 138 valence electrons. The van der Waals surface area contributed by atoms with Gasteiger partial charge in [-0.25, -0.2) is 0 Å². The van der Waals surface area contributed by atoms with Gasteiger partial charge in [0.1, 0.15) is 5.75 Å². The quantitative estimate of drug-likeness (QED) is 0.731. The van der Waals surface area contributed by atoms with Gasteiger partial charge in [-0.3, -0.25) is 9.59 Å². The van der Waals surface area contributed by atoms with Gasteiger partial charge < -0.3 is 19.9 Å². The lowest BCUT2D eigenvalue weighted by molar-refractivity contribution is -0.123. The summed E-state index contributed by atoms with van der Waals surface area (Å²) in [5, 5.41) is 3.81. The number of hydrogen-bond acceptors (Lipinski definition) is 3. The number of aromatic nitrogens is 1. The fourth-order valence-corrected chi connectivity index (χ4v) is 3.27. The summed E-state index contributed by atoms with van der Waals surface area (Å²) >= 11 is 0. The van der Waals surface area contributed by atoms with Crippen LogP contribution in [0.3, 0.4) is 0 Å². The number of carbonyl (C=O) groups is 2. The first-order chi connectivity index (χ1) is 13.2. The molecule has 2 aromatic carbocycles. The predicted molar refractivity (Wildman–Crippen MR) is 104 cm³/mol. The minimum Gasteiger partial charge on any atom is -0.494 e. The summed E-state index contributed by atoms with van der Waals surface area (Å²) in [6.07, 6.45) is 1.74. The van der Waals surface area contributed by atoms with Crippen LogP contribution in [0.5, 0.6) is 5.75 Å². The highest BCUT2D eigenvalue weighted by Gasteiger charge is 2.36. The summed E-state index contributed by atoms with van der Waals surface area (Å²) in [6.45, 7) is 3.39. The van der Waals surface area contributed by atoms with Gasteiger partial charge in [0.2, 0.25) is 5.91 Å². The first-order valence-electron chi connectivity index (χ1n) is 9.05. The predicted octanol–water partition coefficient (Wildman–Crippen LogP) is 3.28. The van der Waals surface area contributed by atoms with Crippen LogP contribution in [-0.4, -0.2) is 41.4 Å². The van der Waals surface area contributed by atoms with Gasteiger partial charge in [-0.05, 0) is 37.3 Å². The maximum atomic E-state index is 12.7. The van der Waals surface area contributed by atoms with Crippen LogP contribution in [0.2, 0.25) is 0 Å². The van der Waals surface area contributed by atoms with E-state index in [2.05, 4.69) is 10.3 Å². The van der Waals surface area contributed by atoms with Crippen LogP contribution in [0.25, 0.3) is 10.9 Å². The minimum absolute atomic E-state index is 0.0439. The van der Waals surface area contributed by atoms with Gasteiger partial charge in [-0.1, -0.05) is 18.2 Å². The molecule has 1 fully saturated rings. The maximum Gasteiger partial charge on any atom is 0.256 e. The SMILES string of the molecule is CCOc1ccc(NC(=O)C2CN(C(=O)c3c[nH]c4ccccc34)C2)cc1. The third kappa shape index (κ3) is 3.38. The van der Waals surface area contributed by atoms with Gasteiger partial charge >= 0.3 is 0 Å². The Balaban J connectivity index is 1.34. The number of carbonyl (C=O) groups excluding carboxylic acids is 2. The molecule has 27 heavy (non-hydrogen) atoms. The van der Waals surface area contributed by atoms with Gasteiger partial charge in [0, 0.05) is 35.9 Å². The number of nitrogens with zero attached hydrogens (tertiary/aromatic N) is 1. The van der Waals surface area contributed by atoms with Gasteiger partial charge in [0.15, 0.2) is 0 Å². The number of fused-ring (bicyclic) bond motifs is 1. The molecule has 0 aliphatic carbocycles. The highest BCUT2D eigenvalue weighted by Crippen LogP contribution is 2.25. The van der Waals surface area contributed by atoms with E-state index in [-0.39, 0.29) is 17.7 Å². The van der Waals surface area contributed by atoms with Crippen LogP contribution in [0.1, 0.15) is 17.3 Å². The highest BCUT2D eigenvalue weighted by molar-refractivity contribution is 6.07. The molecule has 0 unspecified atom stereocenters. The Labute approximate surface area is 157 Å².